The summed E-state index contributed by atoms with van der Waals surface area (Å²) in [6, 6.07) is 0.828. The van der Waals surface area contributed by atoms with Crippen LogP contribution in [0, 0.1) is 0 Å². The molecule has 2 rings (SSSR count). The standard InChI is InChI=1S/C14H29N3O.C2H6/c1-13(2)18-12-11-16-7-3-14(4-8-16)17-9-5-15-6-10-17;1-2/h13-15H,3-12H2,1-2H3;1-2H3. The fourth-order valence-electron chi connectivity index (χ4n) is 2.97. The smallest absolute Gasteiger partial charge is 0.0596 e. The van der Waals surface area contributed by atoms with Crippen LogP contribution in [-0.4, -0.2) is 74.4 Å². The van der Waals surface area contributed by atoms with Gasteiger partial charge in [0, 0.05) is 38.8 Å². The average molecular weight is 285 g/mol. The lowest BCUT2D eigenvalue weighted by Crippen LogP contribution is -2.52. The van der Waals surface area contributed by atoms with Crippen LogP contribution >= 0.6 is 0 Å². The molecule has 0 aromatic rings. The Morgan fingerprint density at radius 1 is 1.05 bits per heavy atom. The lowest BCUT2D eigenvalue weighted by molar-refractivity contribution is 0.0418. The van der Waals surface area contributed by atoms with Gasteiger partial charge in [0.05, 0.1) is 12.7 Å². The van der Waals surface area contributed by atoms with E-state index in [4.69, 9.17) is 4.74 Å². The Labute approximate surface area is 125 Å². The molecule has 0 radical (unpaired) electrons. The quantitative estimate of drug-likeness (QED) is 0.834. The van der Waals surface area contributed by atoms with Crippen LogP contribution in [0.2, 0.25) is 0 Å². The van der Waals surface area contributed by atoms with E-state index in [9.17, 15) is 0 Å². The molecule has 0 aromatic carbocycles. The second kappa shape index (κ2) is 10.6. The van der Waals surface area contributed by atoms with E-state index < -0.39 is 0 Å². The fourth-order valence-corrected chi connectivity index (χ4v) is 2.97. The number of rotatable bonds is 5. The van der Waals surface area contributed by atoms with Crippen LogP contribution in [0.15, 0.2) is 0 Å². The van der Waals surface area contributed by atoms with E-state index in [1.165, 1.54) is 52.1 Å². The van der Waals surface area contributed by atoms with Gasteiger partial charge in [0.15, 0.2) is 0 Å². The van der Waals surface area contributed by atoms with Crippen molar-refractivity contribution in [3.05, 3.63) is 0 Å². The Morgan fingerprint density at radius 3 is 2.20 bits per heavy atom. The second-order valence-corrected chi connectivity index (χ2v) is 5.78. The normalized spacial score (nSPS) is 22.6. The van der Waals surface area contributed by atoms with Gasteiger partial charge in [0.1, 0.15) is 0 Å². The van der Waals surface area contributed by atoms with Crippen LogP contribution in [0.25, 0.3) is 0 Å². The first kappa shape index (κ1) is 17.9. The highest BCUT2D eigenvalue weighted by molar-refractivity contribution is 4.82. The van der Waals surface area contributed by atoms with Crippen molar-refractivity contribution in [3.63, 3.8) is 0 Å². The van der Waals surface area contributed by atoms with Crippen LogP contribution in [0.5, 0.6) is 0 Å². The molecule has 120 valence electrons. The highest BCUT2D eigenvalue weighted by atomic mass is 16.5. The molecule has 2 heterocycles. The van der Waals surface area contributed by atoms with Gasteiger partial charge in [-0.05, 0) is 39.8 Å². The first-order valence-corrected chi connectivity index (χ1v) is 8.54. The van der Waals surface area contributed by atoms with E-state index in [2.05, 4.69) is 29.0 Å². The molecule has 4 heteroatoms. The zero-order valence-electron chi connectivity index (χ0n) is 14.0. The number of nitrogens with one attached hydrogen (secondary N) is 1. The summed E-state index contributed by atoms with van der Waals surface area (Å²) >= 11 is 0. The number of hydrogen-bond acceptors (Lipinski definition) is 4. The van der Waals surface area contributed by atoms with Crippen LogP contribution in [0.4, 0.5) is 0 Å². The second-order valence-electron chi connectivity index (χ2n) is 5.78. The van der Waals surface area contributed by atoms with Gasteiger partial charge in [-0.15, -0.1) is 0 Å². The molecule has 2 saturated heterocycles. The molecule has 0 saturated carbocycles. The van der Waals surface area contributed by atoms with Crippen molar-refractivity contribution in [2.75, 3.05) is 52.4 Å². The number of likely N-dealkylation sites (tertiary alicyclic amines) is 1. The van der Waals surface area contributed by atoms with E-state index in [1.807, 2.05) is 13.8 Å². The minimum absolute atomic E-state index is 0.364. The predicted molar refractivity (Wildman–Crippen MR) is 86.3 cm³/mol. The first-order chi connectivity index (χ1) is 9.75. The van der Waals surface area contributed by atoms with E-state index in [0.717, 1.165) is 19.2 Å². The fraction of sp³-hybridized carbons (Fsp3) is 1.00. The van der Waals surface area contributed by atoms with Crippen molar-refractivity contribution in [1.82, 2.24) is 15.1 Å². The molecule has 0 aliphatic carbocycles. The number of piperidine rings is 1. The largest absolute Gasteiger partial charge is 0.377 e. The first-order valence-electron chi connectivity index (χ1n) is 8.54. The molecule has 0 atom stereocenters. The van der Waals surface area contributed by atoms with Gasteiger partial charge < -0.3 is 15.0 Å². The third kappa shape index (κ3) is 6.53. The molecule has 4 nitrogen and oxygen atoms in total. The van der Waals surface area contributed by atoms with E-state index in [-0.39, 0.29) is 0 Å². The van der Waals surface area contributed by atoms with Crippen molar-refractivity contribution >= 4 is 0 Å². The molecule has 0 bridgehead atoms. The summed E-state index contributed by atoms with van der Waals surface area (Å²) in [4.78, 5) is 5.24. The zero-order valence-corrected chi connectivity index (χ0v) is 14.0. The highest BCUT2D eigenvalue weighted by Gasteiger charge is 2.25. The van der Waals surface area contributed by atoms with Crippen molar-refractivity contribution in [2.45, 2.75) is 52.7 Å². The molecular formula is C16H35N3O. The summed E-state index contributed by atoms with van der Waals surface area (Å²) in [5.74, 6) is 0. The van der Waals surface area contributed by atoms with Crippen LogP contribution < -0.4 is 5.32 Å². The number of hydrogen-bond donors (Lipinski definition) is 1. The lowest BCUT2D eigenvalue weighted by Gasteiger charge is -2.40. The predicted octanol–water partition coefficient (Wildman–Crippen LogP) is 1.81. The Bertz CT molecular complexity index is 222. The number of ether oxygens (including phenoxy) is 1. The van der Waals surface area contributed by atoms with Crippen molar-refractivity contribution in [1.29, 1.82) is 0 Å². The molecule has 0 spiro atoms. The van der Waals surface area contributed by atoms with Gasteiger partial charge in [0.25, 0.3) is 0 Å². The topological polar surface area (TPSA) is 27.7 Å². The van der Waals surface area contributed by atoms with Crippen LogP contribution in [0.3, 0.4) is 0 Å². The Hall–Kier alpha value is -0.160. The Kier molecular flexibility index (Phi) is 9.44. The summed E-state index contributed by atoms with van der Waals surface area (Å²) in [5.41, 5.74) is 0. The van der Waals surface area contributed by atoms with Crippen LogP contribution in [0.1, 0.15) is 40.5 Å². The third-order valence-electron chi connectivity index (χ3n) is 4.08. The summed E-state index contributed by atoms with van der Waals surface area (Å²) in [6.45, 7) is 17.5. The van der Waals surface area contributed by atoms with E-state index in [0.29, 0.717) is 6.10 Å². The number of piperazine rings is 1. The monoisotopic (exact) mass is 285 g/mol. The van der Waals surface area contributed by atoms with E-state index >= 15 is 0 Å². The molecule has 2 fully saturated rings. The van der Waals surface area contributed by atoms with Gasteiger partial charge in [-0.3, -0.25) is 4.90 Å². The van der Waals surface area contributed by atoms with Crippen molar-refractivity contribution in [3.8, 4) is 0 Å². The molecule has 2 aliphatic heterocycles. The summed E-state index contributed by atoms with van der Waals surface area (Å²) < 4.78 is 5.63. The van der Waals surface area contributed by atoms with Gasteiger partial charge >= 0.3 is 0 Å². The van der Waals surface area contributed by atoms with Gasteiger partial charge in [-0.25, -0.2) is 0 Å². The van der Waals surface area contributed by atoms with Gasteiger partial charge in [-0.1, -0.05) is 13.8 Å². The summed E-state index contributed by atoms with van der Waals surface area (Å²) in [7, 11) is 0. The maximum absolute atomic E-state index is 5.63. The SMILES string of the molecule is CC.CC(C)OCCN1CCC(N2CCNCC2)CC1. The molecule has 20 heavy (non-hydrogen) atoms. The molecule has 2 aliphatic rings. The maximum Gasteiger partial charge on any atom is 0.0596 e. The van der Waals surface area contributed by atoms with E-state index in [1.54, 1.807) is 0 Å². The van der Waals surface area contributed by atoms with Gasteiger partial charge in [-0.2, -0.15) is 0 Å². The molecule has 1 N–H and O–H groups in total. The summed E-state index contributed by atoms with van der Waals surface area (Å²) in [5, 5.41) is 3.43. The maximum atomic E-state index is 5.63. The Balaban J connectivity index is 0.000000956. The minimum atomic E-state index is 0.364. The molecular weight excluding hydrogens is 250 g/mol. The zero-order chi connectivity index (χ0) is 14.8. The lowest BCUT2D eigenvalue weighted by atomic mass is 10.0. The minimum Gasteiger partial charge on any atom is -0.377 e. The van der Waals surface area contributed by atoms with Crippen molar-refractivity contribution in [2.24, 2.45) is 0 Å². The highest BCUT2D eigenvalue weighted by Crippen LogP contribution is 2.16. The summed E-state index contributed by atoms with van der Waals surface area (Å²) in [6.07, 6.45) is 3.03. The van der Waals surface area contributed by atoms with Crippen LogP contribution in [-0.2, 0) is 4.74 Å². The molecule has 0 aromatic heterocycles. The third-order valence-corrected chi connectivity index (χ3v) is 4.08. The van der Waals surface area contributed by atoms with Crippen molar-refractivity contribution < 1.29 is 4.74 Å². The average Bonchev–Trinajstić information content (AvgIpc) is 2.50. The number of nitrogens with zero attached hydrogens (tertiary/aromatic N) is 2. The molecule has 0 amide bonds. The van der Waals surface area contributed by atoms with Gasteiger partial charge in [0.2, 0.25) is 0 Å². The molecule has 0 unspecified atom stereocenters. The Morgan fingerprint density at radius 2 is 1.65 bits per heavy atom.